The van der Waals surface area contributed by atoms with Crippen molar-refractivity contribution in [1.82, 2.24) is 9.55 Å². The highest BCUT2D eigenvalue weighted by molar-refractivity contribution is 5.47. The summed E-state index contributed by atoms with van der Waals surface area (Å²) >= 11 is 0. The Morgan fingerprint density at radius 3 is 2.80 bits per heavy atom. The molecule has 2 rings (SSSR count). The molecule has 2 aromatic rings. The lowest BCUT2D eigenvalue weighted by Gasteiger charge is -2.09. The molecular weight excluding hydrogens is 195 g/mol. The first-order chi connectivity index (χ1) is 7.22. The van der Waals surface area contributed by atoms with E-state index in [4.69, 9.17) is 4.74 Å². The molecule has 0 radical (unpaired) electrons. The van der Waals surface area contributed by atoms with Crippen LogP contribution in [0, 0.1) is 12.7 Å². The summed E-state index contributed by atoms with van der Waals surface area (Å²) in [5.41, 5.74) is 1.22. The molecule has 1 aromatic heterocycles. The lowest BCUT2D eigenvalue weighted by molar-refractivity contribution is 0.409. The van der Waals surface area contributed by atoms with Gasteiger partial charge in [-0.3, -0.25) is 0 Å². The molecule has 0 bridgehead atoms. The second kappa shape index (κ2) is 3.73. The van der Waals surface area contributed by atoms with Crippen molar-refractivity contribution in [3.8, 4) is 11.4 Å². The van der Waals surface area contributed by atoms with Gasteiger partial charge in [-0.15, -0.1) is 0 Å². The van der Waals surface area contributed by atoms with Gasteiger partial charge < -0.3 is 9.30 Å². The molecule has 0 unspecified atom stereocenters. The third-order valence-corrected chi connectivity index (χ3v) is 2.14. The Morgan fingerprint density at radius 2 is 2.20 bits per heavy atom. The van der Waals surface area contributed by atoms with Crippen LogP contribution < -0.4 is 4.74 Å². The highest BCUT2D eigenvalue weighted by Gasteiger charge is 2.10. The fourth-order valence-electron chi connectivity index (χ4n) is 1.45. The summed E-state index contributed by atoms with van der Waals surface area (Å²) in [6, 6.07) is 4.72. The van der Waals surface area contributed by atoms with E-state index in [0.29, 0.717) is 11.4 Å². The van der Waals surface area contributed by atoms with Crippen LogP contribution in [0.3, 0.4) is 0 Å². The van der Waals surface area contributed by atoms with Crippen LogP contribution in [-0.4, -0.2) is 16.7 Å². The third kappa shape index (κ3) is 1.70. The Hall–Kier alpha value is -1.84. The topological polar surface area (TPSA) is 27.1 Å². The molecule has 15 heavy (non-hydrogen) atoms. The number of halogens is 1. The average Bonchev–Trinajstić information content (AvgIpc) is 2.64. The first kappa shape index (κ1) is 9.71. The van der Waals surface area contributed by atoms with Gasteiger partial charge in [-0.1, -0.05) is 6.07 Å². The molecule has 0 amide bonds. The van der Waals surface area contributed by atoms with E-state index >= 15 is 0 Å². The summed E-state index contributed by atoms with van der Waals surface area (Å²) in [7, 11) is 1.52. The molecule has 0 saturated heterocycles. The summed E-state index contributed by atoms with van der Waals surface area (Å²) < 4.78 is 20.3. The standard InChI is InChI=1S/C11H11FN2O/c1-8-6-14(7-13-8)11-9(12)4-3-5-10(11)15-2/h3-7H,1-2H3. The minimum absolute atomic E-state index is 0.327. The molecule has 0 aliphatic rings. The monoisotopic (exact) mass is 206 g/mol. The smallest absolute Gasteiger partial charge is 0.151 e. The van der Waals surface area contributed by atoms with Gasteiger partial charge in [0.05, 0.1) is 19.1 Å². The van der Waals surface area contributed by atoms with E-state index in [1.165, 1.54) is 13.2 Å². The van der Waals surface area contributed by atoms with Crippen LogP contribution in [0.25, 0.3) is 5.69 Å². The number of ether oxygens (including phenoxy) is 1. The zero-order chi connectivity index (χ0) is 10.8. The quantitative estimate of drug-likeness (QED) is 0.754. The van der Waals surface area contributed by atoms with Crippen LogP contribution in [0.4, 0.5) is 4.39 Å². The normalized spacial score (nSPS) is 10.3. The van der Waals surface area contributed by atoms with Crippen molar-refractivity contribution < 1.29 is 9.13 Å². The minimum atomic E-state index is -0.327. The van der Waals surface area contributed by atoms with Gasteiger partial charge in [0.15, 0.2) is 5.82 Å². The van der Waals surface area contributed by atoms with Crippen LogP contribution in [0.2, 0.25) is 0 Å². The lowest BCUT2D eigenvalue weighted by Crippen LogP contribution is -1.98. The van der Waals surface area contributed by atoms with Gasteiger partial charge in [-0.25, -0.2) is 9.37 Å². The number of nitrogens with zero attached hydrogens (tertiary/aromatic N) is 2. The van der Waals surface area contributed by atoms with Crippen LogP contribution in [-0.2, 0) is 0 Å². The van der Waals surface area contributed by atoms with Crippen LogP contribution >= 0.6 is 0 Å². The molecule has 78 valence electrons. The highest BCUT2D eigenvalue weighted by atomic mass is 19.1. The molecular formula is C11H11FN2O. The SMILES string of the molecule is COc1cccc(F)c1-n1cnc(C)c1. The minimum Gasteiger partial charge on any atom is -0.494 e. The van der Waals surface area contributed by atoms with E-state index < -0.39 is 0 Å². The second-order valence-electron chi connectivity index (χ2n) is 3.21. The predicted molar refractivity (Wildman–Crippen MR) is 54.8 cm³/mol. The molecule has 0 saturated carbocycles. The summed E-state index contributed by atoms with van der Waals surface area (Å²) in [6.07, 6.45) is 3.32. The van der Waals surface area contributed by atoms with E-state index in [0.717, 1.165) is 5.69 Å². The number of methoxy groups -OCH3 is 1. The summed E-state index contributed by atoms with van der Waals surface area (Å²) in [5, 5.41) is 0. The number of aromatic nitrogens is 2. The molecule has 0 fully saturated rings. The summed E-state index contributed by atoms with van der Waals surface area (Å²) in [4.78, 5) is 4.05. The average molecular weight is 206 g/mol. The number of aryl methyl sites for hydroxylation is 1. The van der Waals surface area contributed by atoms with Crippen molar-refractivity contribution in [3.63, 3.8) is 0 Å². The number of para-hydroxylation sites is 1. The fourth-order valence-corrected chi connectivity index (χ4v) is 1.45. The van der Waals surface area contributed by atoms with Crippen molar-refractivity contribution in [3.05, 3.63) is 42.2 Å². The number of benzene rings is 1. The van der Waals surface area contributed by atoms with Gasteiger partial charge in [-0.2, -0.15) is 0 Å². The van der Waals surface area contributed by atoms with Crippen LogP contribution in [0.1, 0.15) is 5.69 Å². The molecule has 1 heterocycles. The molecule has 0 aliphatic carbocycles. The Labute approximate surface area is 87.1 Å². The van der Waals surface area contributed by atoms with E-state index in [1.54, 1.807) is 29.2 Å². The van der Waals surface area contributed by atoms with E-state index in [1.807, 2.05) is 6.92 Å². The number of hydrogen-bond donors (Lipinski definition) is 0. The van der Waals surface area contributed by atoms with Gasteiger partial charge in [0, 0.05) is 6.20 Å². The highest BCUT2D eigenvalue weighted by Crippen LogP contribution is 2.25. The van der Waals surface area contributed by atoms with E-state index in [2.05, 4.69) is 4.98 Å². The maximum absolute atomic E-state index is 13.6. The molecule has 0 atom stereocenters. The van der Waals surface area contributed by atoms with Crippen LogP contribution in [0.5, 0.6) is 5.75 Å². The first-order valence-electron chi connectivity index (χ1n) is 4.56. The van der Waals surface area contributed by atoms with Crippen LogP contribution in [0.15, 0.2) is 30.7 Å². The summed E-state index contributed by atoms with van der Waals surface area (Å²) in [6.45, 7) is 1.85. The maximum Gasteiger partial charge on any atom is 0.151 e. The maximum atomic E-state index is 13.6. The lowest BCUT2D eigenvalue weighted by atomic mass is 10.2. The molecule has 0 N–H and O–H groups in total. The molecule has 3 nitrogen and oxygen atoms in total. The molecule has 0 aliphatic heterocycles. The van der Waals surface area contributed by atoms with Crippen molar-refractivity contribution in [2.24, 2.45) is 0 Å². The Balaban J connectivity index is 2.60. The Bertz CT molecular complexity index is 479. The van der Waals surface area contributed by atoms with E-state index in [-0.39, 0.29) is 5.82 Å². The van der Waals surface area contributed by atoms with Gasteiger partial charge in [-0.05, 0) is 19.1 Å². The van der Waals surface area contributed by atoms with Gasteiger partial charge >= 0.3 is 0 Å². The third-order valence-electron chi connectivity index (χ3n) is 2.14. The zero-order valence-electron chi connectivity index (χ0n) is 8.57. The number of imidazole rings is 1. The molecule has 4 heteroatoms. The van der Waals surface area contributed by atoms with Crippen molar-refractivity contribution in [1.29, 1.82) is 0 Å². The number of hydrogen-bond acceptors (Lipinski definition) is 2. The van der Waals surface area contributed by atoms with Crippen molar-refractivity contribution in [2.45, 2.75) is 6.92 Å². The fraction of sp³-hybridized carbons (Fsp3) is 0.182. The van der Waals surface area contributed by atoms with Crippen molar-refractivity contribution in [2.75, 3.05) is 7.11 Å². The first-order valence-corrected chi connectivity index (χ1v) is 4.56. The number of rotatable bonds is 2. The Morgan fingerprint density at radius 1 is 1.40 bits per heavy atom. The molecule has 1 aromatic carbocycles. The van der Waals surface area contributed by atoms with E-state index in [9.17, 15) is 4.39 Å². The summed E-state index contributed by atoms with van der Waals surface area (Å²) in [5.74, 6) is 0.166. The predicted octanol–water partition coefficient (Wildman–Crippen LogP) is 2.33. The second-order valence-corrected chi connectivity index (χ2v) is 3.21. The van der Waals surface area contributed by atoms with Gasteiger partial charge in [0.1, 0.15) is 11.4 Å². The van der Waals surface area contributed by atoms with Gasteiger partial charge in [0.25, 0.3) is 0 Å². The molecule has 0 spiro atoms. The largest absolute Gasteiger partial charge is 0.494 e. The van der Waals surface area contributed by atoms with Gasteiger partial charge in [0.2, 0.25) is 0 Å². The Kier molecular flexibility index (Phi) is 2.41. The van der Waals surface area contributed by atoms with Crippen molar-refractivity contribution >= 4 is 0 Å². The zero-order valence-corrected chi connectivity index (χ0v) is 8.57.